The molecule has 2 bridgehead atoms. The van der Waals surface area contributed by atoms with Gasteiger partial charge in [0.05, 0.1) is 11.2 Å². The van der Waals surface area contributed by atoms with Gasteiger partial charge in [-0.05, 0) is 41.5 Å². The van der Waals surface area contributed by atoms with Gasteiger partial charge in [-0.15, -0.1) is 0 Å². The molecule has 1 aliphatic heterocycles. The van der Waals surface area contributed by atoms with Gasteiger partial charge in [-0.2, -0.15) is 0 Å². The maximum absolute atomic E-state index is 4.93. The lowest BCUT2D eigenvalue weighted by atomic mass is 9.93. The molecule has 1 saturated heterocycles. The molecule has 0 amide bonds. The molecular weight excluding hydrogens is 356 g/mol. The molecule has 2 atom stereocenters. The van der Waals surface area contributed by atoms with Gasteiger partial charge >= 0.3 is 0 Å². The van der Waals surface area contributed by atoms with Gasteiger partial charge < -0.3 is 4.90 Å². The largest absolute Gasteiger partial charge is 0.340 e. The Bertz CT molecular complexity index is 1240. The Labute approximate surface area is 169 Å². The summed E-state index contributed by atoms with van der Waals surface area (Å²) in [5.41, 5.74) is 4.47. The quantitative estimate of drug-likeness (QED) is 0.447. The van der Waals surface area contributed by atoms with E-state index in [4.69, 9.17) is 9.97 Å². The van der Waals surface area contributed by atoms with Crippen molar-refractivity contribution in [1.29, 1.82) is 0 Å². The molecule has 6 rings (SSSR count). The highest BCUT2D eigenvalue weighted by atomic mass is 15.3. The van der Waals surface area contributed by atoms with Crippen molar-refractivity contribution in [1.82, 2.24) is 15.0 Å². The minimum absolute atomic E-state index is 0.594. The number of rotatable bonds is 2. The van der Waals surface area contributed by atoms with E-state index in [1.54, 1.807) is 0 Å². The van der Waals surface area contributed by atoms with Crippen LogP contribution >= 0.6 is 0 Å². The van der Waals surface area contributed by atoms with Gasteiger partial charge in [0.2, 0.25) is 5.95 Å². The Morgan fingerprint density at radius 1 is 0.862 bits per heavy atom. The molecule has 4 heteroatoms. The summed E-state index contributed by atoms with van der Waals surface area (Å²) in [6, 6.07) is 16.9. The minimum Gasteiger partial charge on any atom is -0.340 e. The number of piperidine rings is 1. The summed E-state index contributed by atoms with van der Waals surface area (Å²) in [6.07, 6.45) is 6.30. The van der Waals surface area contributed by atoms with Crippen molar-refractivity contribution in [3.8, 4) is 11.3 Å². The zero-order valence-electron chi connectivity index (χ0n) is 16.3. The van der Waals surface area contributed by atoms with Crippen molar-refractivity contribution in [2.75, 3.05) is 18.0 Å². The van der Waals surface area contributed by atoms with Gasteiger partial charge in [0, 0.05) is 36.4 Å². The third kappa shape index (κ3) is 2.70. The van der Waals surface area contributed by atoms with Crippen LogP contribution in [-0.2, 0) is 0 Å². The normalized spacial score (nSPS) is 21.2. The molecule has 0 N–H and O–H groups in total. The van der Waals surface area contributed by atoms with Gasteiger partial charge in [-0.1, -0.05) is 54.6 Å². The van der Waals surface area contributed by atoms with Crippen molar-refractivity contribution in [2.24, 2.45) is 11.8 Å². The van der Waals surface area contributed by atoms with E-state index in [9.17, 15) is 0 Å². The zero-order chi connectivity index (χ0) is 19.4. The number of pyridine rings is 1. The van der Waals surface area contributed by atoms with E-state index in [0.29, 0.717) is 11.8 Å². The third-order valence-corrected chi connectivity index (χ3v) is 6.59. The fourth-order valence-corrected chi connectivity index (χ4v) is 4.96. The van der Waals surface area contributed by atoms with Crippen molar-refractivity contribution in [2.45, 2.75) is 12.8 Å². The topological polar surface area (TPSA) is 41.9 Å². The van der Waals surface area contributed by atoms with Gasteiger partial charge in [-0.3, -0.25) is 4.98 Å². The first kappa shape index (κ1) is 16.7. The van der Waals surface area contributed by atoms with E-state index in [-0.39, 0.29) is 0 Å². The van der Waals surface area contributed by atoms with Crippen LogP contribution in [0.1, 0.15) is 12.8 Å². The summed E-state index contributed by atoms with van der Waals surface area (Å²) < 4.78 is 0. The minimum atomic E-state index is 0.594. The molecule has 0 spiro atoms. The highest BCUT2D eigenvalue weighted by molar-refractivity contribution is 5.97. The van der Waals surface area contributed by atoms with Crippen LogP contribution in [0, 0.1) is 11.8 Å². The molecule has 3 heterocycles. The van der Waals surface area contributed by atoms with Crippen LogP contribution in [0.2, 0.25) is 0 Å². The lowest BCUT2D eigenvalue weighted by Crippen LogP contribution is -2.38. The SMILES string of the molecule is C=C1[C@@H]2CC[C@H]1CN(c1ncc3cnc(-c4cccc5ccccc45)cc3n1)C2. The second-order valence-corrected chi connectivity index (χ2v) is 8.28. The van der Waals surface area contributed by atoms with E-state index >= 15 is 0 Å². The molecule has 4 aromatic rings. The lowest BCUT2D eigenvalue weighted by molar-refractivity contribution is 0.533. The lowest BCUT2D eigenvalue weighted by Gasteiger charge is -2.33. The van der Waals surface area contributed by atoms with Gasteiger partial charge in [0.25, 0.3) is 0 Å². The number of hydrogen-bond donors (Lipinski definition) is 0. The maximum atomic E-state index is 4.93. The first-order valence-electron chi connectivity index (χ1n) is 10.3. The van der Waals surface area contributed by atoms with E-state index in [0.717, 1.165) is 41.2 Å². The molecule has 2 aromatic carbocycles. The van der Waals surface area contributed by atoms with Crippen LogP contribution in [0.4, 0.5) is 5.95 Å². The van der Waals surface area contributed by atoms with E-state index in [2.05, 4.69) is 65.0 Å². The number of benzene rings is 2. The summed E-state index contributed by atoms with van der Waals surface area (Å²) in [5, 5.41) is 3.41. The summed E-state index contributed by atoms with van der Waals surface area (Å²) in [5.74, 6) is 2.02. The molecular formula is C25H22N4. The van der Waals surface area contributed by atoms with Crippen LogP contribution in [-0.4, -0.2) is 28.0 Å². The van der Waals surface area contributed by atoms with Gasteiger partial charge in [0.1, 0.15) is 0 Å². The van der Waals surface area contributed by atoms with Crippen molar-refractivity contribution in [3.63, 3.8) is 0 Å². The van der Waals surface area contributed by atoms with Gasteiger partial charge in [-0.25, -0.2) is 9.97 Å². The molecule has 29 heavy (non-hydrogen) atoms. The maximum Gasteiger partial charge on any atom is 0.225 e. The standard InChI is InChI=1S/C25H22N4/c1-16-18-9-10-19(16)15-29(14-18)25-27-13-20-12-26-24(11-23(20)28-25)22-8-4-6-17-5-2-3-7-21(17)22/h2-8,11-13,18-19H,1,9-10,14-15H2/t18-,19+. The fraction of sp³-hybridized carbons (Fsp3) is 0.240. The van der Waals surface area contributed by atoms with Crippen molar-refractivity contribution < 1.29 is 0 Å². The van der Waals surface area contributed by atoms with Crippen molar-refractivity contribution in [3.05, 3.63) is 73.1 Å². The van der Waals surface area contributed by atoms with E-state index in [1.165, 1.54) is 29.2 Å². The monoisotopic (exact) mass is 378 g/mol. The van der Waals surface area contributed by atoms with Gasteiger partial charge in [0.15, 0.2) is 0 Å². The molecule has 0 radical (unpaired) electrons. The smallest absolute Gasteiger partial charge is 0.225 e. The predicted octanol–water partition coefficient (Wildman–Crippen LogP) is 5.25. The van der Waals surface area contributed by atoms with Crippen LogP contribution in [0.25, 0.3) is 32.9 Å². The Morgan fingerprint density at radius 2 is 1.62 bits per heavy atom. The Balaban J connectivity index is 1.42. The highest BCUT2D eigenvalue weighted by Gasteiger charge is 2.37. The first-order valence-corrected chi connectivity index (χ1v) is 10.3. The van der Waals surface area contributed by atoms with Crippen LogP contribution in [0.15, 0.2) is 73.1 Å². The number of hydrogen-bond acceptors (Lipinski definition) is 4. The average molecular weight is 378 g/mol. The average Bonchev–Trinajstić information content (AvgIpc) is 2.98. The number of aromatic nitrogens is 3. The van der Waals surface area contributed by atoms with Crippen LogP contribution in [0.5, 0.6) is 0 Å². The third-order valence-electron chi connectivity index (χ3n) is 6.59. The zero-order valence-corrected chi connectivity index (χ0v) is 16.3. The number of fused-ring (bicyclic) bond motifs is 4. The Kier molecular flexibility index (Phi) is 3.66. The number of anilines is 1. The van der Waals surface area contributed by atoms with Crippen LogP contribution in [0.3, 0.4) is 0 Å². The predicted molar refractivity (Wildman–Crippen MR) is 118 cm³/mol. The number of nitrogens with zero attached hydrogens (tertiary/aromatic N) is 4. The second-order valence-electron chi connectivity index (χ2n) is 8.28. The molecule has 2 aromatic heterocycles. The summed E-state index contributed by atoms with van der Waals surface area (Å²) in [4.78, 5) is 16.6. The molecule has 0 unspecified atom stereocenters. The summed E-state index contributed by atoms with van der Waals surface area (Å²) >= 11 is 0. The van der Waals surface area contributed by atoms with Crippen LogP contribution < -0.4 is 4.90 Å². The molecule has 1 saturated carbocycles. The second kappa shape index (κ2) is 6.38. The molecule has 1 aliphatic carbocycles. The summed E-state index contributed by atoms with van der Waals surface area (Å²) in [6.45, 7) is 6.29. The first-order chi connectivity index (χ1) is 14.3. The molecule has 142 valence electrons. The highest BCUT2D eigenvalue weighted by Crippen LogP contribution is 2.41. The fourth-order valence-electron chi connectivity index (χ4n) is 4.96. The van der Waals surface area contributed by atoms with E-state index in [1.807, 2.05) is 12.4 Å². The molecule has 2 fully saturated rings. The molecule has 4 nitrogen and oxygen atoms in total. The van der Waals surface area contributed by atoms with Crippen molar-refractivity contribution >= 4 is 27.6 Å². The Hall–Kier alpha value is -3.27. The Morgan fingerprint density at radius 3 is 2.48 bits per heavy atom. The summed E-state index contributed by atoms with van der Waals surface area (Å²) in [7, 11) is 0. The van der Waals surface area contributed by atoms with E-state index < -0.39 is 0 Å². The molecule has 2 aliphatic rings.